The lowest BCUT2D eigenvalue weighted by Crippen LogP contribution is -2.48. The Morgan fingerprint density at radius 1 is 0.972 bits per heavy atom. The highest BCUT2D eigenvalue weighted by Crippen LogP contribution is 2.61. The van der Waals surface area contributed by atoms with Crippen LogP contribution in [0.3, 0.4) is 0 Å². The average Bonchev–Trinajstić information content (AvgIpc) is 2.79. The van der Waals surface area contributed by atoms with Crippen molar-refractivity contribution in [3.63, 3.8) is 0 Å². The third kappa shape index (κ3) is 5.09. The average molecular weight is 497 g/mol. The summed E-state index contributed by atoms with van der Waals surface area (Å²) in [6.07, 6.45) is 8.14. The molecule has 0 radical (unpaired) electrons. The molecule has 6 heteroatoms. The van der Waals surface area contributed by atoms with E-state index < -0.39 is 17.7 Å². The number of carboxylic acids is 1. The zero-order valence-electron chi connectivity index (χ0n) is 20.1. The predicted octanol–water partition coefficient (Wildman–Crippen LogP) is 7.54. The fraction of sp³-hybridized carbons (Fsp3) is 0.433. The first-order chi connectivity index (χ1) is 17.1. The maximum absolute atomic E-state index is 13.2. The Morgan fingerprint density at radius 3 is 2.22 bits per heavy atom. The van der Waals surface area contributed by atoms with Gasteiger partial charge in [-0.1, -0.05) is 30.3 Å². The van der Waals surface area contributed by atoms with E-state index in [9.17, 15) is 23.1 Å². The first-order valence-corrected chi connectivity index (χ1v) is 12.7. The molecule has 0 saturated heterocycles. The van der Waals surface area contributed by atoms with Crippen LogP contribution >= 0.6 is 0 Å². The minimum atomic E-state index is -4.48. The molecule has 190 valence electrons. The summed E-state index contributed by atoms with van der Waals surface area (Å²) >= 11 is 0. The van der Waals surface area contributed by atoms with Gasteiger partial charge in [0.05, 0.1) is 5.56 Å². The molecule has 0 aromatic heterocycles. The summed E-state index contributed by atoms with van der Waals surface area (Å²) in [6, 6.07) is 10.9. The van der Waals surface area contributed by atoms with Crippen molar-refractivity contribution in [2.75, 3.05) is 0 Å². The molecular formula is C30H31F3O3. The van der Waals surface area contributed by atoms with Crippen molar-refractivity contribution in [1.29, 1.82) is 0 Å². The smallest absolute Gasteiger partial charge is 0.416 e. The molecule has 0 amide bonds. The molecule has 0 atom stereocenters. The monoisotopic (exact) mass is 496 g/mol. The van der Waals surface area contributed by atoms with E-state index in [1.54, 1.807) is 12.1 Å². The van der Waals surface area contributed by atoms with E-state index in [0.29, 0.717) is 29.7 Å². The number of allylic oxidation sites excluding steroid dienone is 3. The standard InChI is InChI=1S/C30H31F3O3/c31-30(32,33)25-6-2-5-24(15-25)23(8-10-28(35)36)4-1-3-19-7-9-26(27(34)14-19)29-16-20-11-21(17-29)13-22(12-20)18-29/h2,4-10,14-15,20-22,34H,1,3,11-13,16-18H2,(H,35,36). The van der Waals surface area contributed by atoms with Gasteiger partial charge in [0, 0.05) is 11.6 Å². The van der Waals surface area contributed by atoms with E-state index in [4.69, 9.17) is 5.11 Å². The summed E-state index contributed by atoms with van der Waals surface area (Å²) in [7, 11) is 0. The molecule has 36 heavy (non-hydrogen) atoms. The lowest BCUT2D eigenvalue weighted by Gasteiger charge is -2.57. The van der Waals surface area contributed by atoms with E-state index in [0.717, 1.165) is 47.1 Å². The minimum absolute atomic E-state index is 0.107. The van der Waals surface area contributed by atoms with Gasteiger partial charge in [-0.25, -0.2) is 4.79 Å². The van der Waals surface area contributed by atoms with E-state index in [2.05, 4.69) is 12.1 Å². The molecule has 4 saturated carbocycles. The van der Waals surface area contributed by atoms with Gasteiger partial charge < -0.3 is 10.2 Å². The Morgan fingerprint density at radius 2 is 1.64 bits per heavy atom. The van der Waals surface area contributed by atoms with Crippen LogP contribution in [0.25, 0.3) is 5.57 Å². The normalized spacial score (nSPS) is 27.6. The van der Waals surface area contributed by atoms with Crippen LogP contribution in [0.2, 0.25) is 0 Å². The lowest BCUT2D eigenvalue weighted by atomic mass is 9.48. The van der Waals surface area contributed by atoms with Crippen molar-refractivity contribution in [3.8, 4) is 5.75 Å². The largest absolute Gasteiger partial charge is 0.508 e. The number of halogens is 3. The number of rotatable bonds is 7. The van der Waals surface area contributed by atoms with Crippen LogP contribution in [0.1, 0.15) is 67.2 Å². The molecule has 3 nitrogen and oxygen atoms in total. The number of phenolic OH excluding ortho intramolecular Hbond substituents is 1. The van der Waals surface area contributed by atoms with Gasteiger partial charge in [0.1, 0.15) is 5.75 Å². The molecule has 0 aliphatic heterocycles. The van der Waals surface area contributed by atoms with Gasteiger partial charge in [-0.05, 0) is 116 Å². The number of hydrogen-bond donors (Lipinski definition) is 2. The Bertz CT molecular complexity index is 1170. The topological polar surface area (TPSA) is 57.5 Å². The van der Waals surface area contributed by atoms with Gasteiger partial charge in [0.25, 0.3) is 0 Å². The minimum Gasteiger partial charge on any atom is -0.508 e. The first kappa shape index (κ1) is 24.7. The molecular weight excluding hydrogens is 465 g/mol. The number of hydrogen-bond acceptors (Lipinski definition) is 2. The quantitative estimate of drug-likeness (QED) is 0.308. The number of carboxylic acid groups (broad SMARTS) is 1. The number of phenols is 1. The van der Waals surface area contributed by atoms with Crippen molar-refractivity contribution in [3.05, 3.63) is 82.9 Å². The number of aromatic hydroxyl groups is 1. The second-order valence-corrected chi connectivity index (χ2v) is 11.0. The fourth-order valence-corrected chi connectivity index (χ4v) is 7.33. The Labute approximate surface area is 209 Å². The highest BCUT2D eigenvalue weighted by atomic mass is 19.4. The molecule has 4 fully saturated rings. The van der Waals surface area contributed by atoms with Crippen LogP contribution in [0.15, 0.2) is 60.7 Å². The van der Waals surface area contributed by atoms with Crippen LogP contribution in [0.5, 0.6) is 5.75 Å². The zero-order valence-corrected chi connectivity index (χ0v) is 20.1. The summed E-state index contributed by atoms with van der Waals surface area (Å²) in [4.78, 5) is 11.0. The molecule has 6 rings (SSSR count). The Balaban J connectivity index is 1.33. The van der Waals surface area contributed by atoms with Gasteiger partial charge in [-0.3, -0.25) is 0 Å². The van der Waals surface area contributed by atoms with E-state index in [1.807, 2.05) is 6.07 Å². The number of aliphatic carboxylic acids is 1. The maximum atomic E-state index is 13.2. The third-order valence-corrected chi connectivity index (χ3v) is 8.40. The van der Waals surface area contributed by atoms with Crippen LogP contribution in [-0.2, 0) is 22.8 Å². The zero-order chi connectivity index (χ0) is 25.5. The highest BCUT2D eigenvalue weighted by molar-refractivity contribution is 5.85. The van der Waals surface area contributed by atoms with Crippen LogP contribution < -0.4 is 0 Å². The Kier molecular flexibility index (Phi) is 6.48. The summed E-state index contributed by atoms with van der Waals surface area (Å²) in [5.41, 5.74) is 2.08. The summed E-state index contributed by atoms with van der Waals surface area (Å²) < 4.78 is 39.5. The molecule has 4 aliphatic rings. The summed E-state index contributed by atoms with van der Waals surface area (Å²) in [5.74, 6) is 1.54. The van der Waals surface area contributed by atoms with Crippen molar-refractivity contribution >= 4 is 11.5 Å². The molecule has 0 heterocycles. The van der Waals surface area contributed by atoms with Crippen LogP contribution in [0.4, 0.5) is 13.2 Å². The molecule has 4 bridgehead atoms. The highest BCUT2D eigenvalue weighted by Gasteiger charge is 2.52. The van der Waals surface area contributed by atoms with E-state index in [1.165, 1.54) is 50.7 Å². The molecule has 2 N–H and O–H groups in total. The second-order valence-electron chi connectivity index (χ2n) is 11.0. The van der Waals surface area contributed by atoms with Gasteiger partial charge in [-0.15, -0.1) is 0 Å². The molecule has 2 aromatic rings. The molecule has 0 unspecified atom stereocenters. The van der Waals surface area contributed by atoms with E-state index in [-0.39, 0.29) is 5.41 Å². The molecule has 4 aliphatic carbocycles. The maximum Gasteiger partial charge on any atom is 0.416 e. The van der Waals surface area contributed by atoms with Crippen molar-refractivity contribution in [2.45, 2.75) is 63.0 Å². The SMILES string of the molecule is O=C(O)C=CC(=CCCc1ccc(C23CC4CC(CC(C4)C2)C3)c(O)c1)c1cccc(C(F)(F)F)c1. The lowest BCUT2D eigenvalue weighted by molar-refractivity contribution is -0.137. The molecule has 2 aromatic carbocycles. The van der Waals surface area contributed by atoms with Crippen LogP contribution in [0, 0.1) is 17.8 Å². The van der Waals surface area contributed by atoms with Gasteiger partial charge in [0.15, 0.2) is 0 Å². The number of aryl methyl sites for hydroxylation is 1. The predicted molar refractivity (Wildman–Crippen MR) is 132 cm³/mol. The van der Waals surface area contributed by atoms with Crippen molar-refractivity contribution < 1.29 is 28.2 Å². The van der Waals surface area contributed by atoms with E-state index >= 15 is 0 Å². The van der Waals surface area contributed by atoms with Gasteiger partial charge in [0.2, 0.25) is 0 Å². The third-order valence-electron chi connectivity index (χ3n) is 8.40. The first-order valence-electron chi connectivity index (χ1n) is 12.7. The Hall–Kier alpha value is -3.02. The number of alkyl halides is 3. The van der Waals surface area contributed by atoms with Crippen LogP contribution in [-0.4, -0.2) is 16.2 Å². The number of carbonyl (C=O) groups is 1. The fourth-order valence-electron chi connectivity index (χ4n) is 7.33. The molecule has 0 spiro atoms. The van der Waals surface area contributed by atoms with Crippen molar-refractivity contribution in [1.82, 2.24) is 0 Å². The van der Waals surface area contributed by atoms with Crippen molar-refractivity contribution in [2.24, 2.45) is 17.8 Å². The summed E-state index contributed by atoms with van der Waals surface area (Å²) in [6.45, 7) is 0. The van der Waals surface area contributed by atoms with Gasteiger partial charge in [-0.2, -0.15) is 13.2 Å². The number of benzene rings is 2. The summed E-state index contributed by atoms with van der Waals surface area (Å²) in [5, 5.41) is 20.0. The van der Waals surface area contributed by atoms with Gasteiger partial charge >= 0.3 is 12.1 Å². The second kappa shape index (κ2) is 9.45.